The summed E-state index contributed by atoms with van der Waals surface area (Å²) in [6, 6.07) is 7.60. The molecular weight excluding hydrogens is 503 g/mol. The minimum Gasteiger partial charge on any atom is -0.382 e. The van der Waals surface area contributed by atoms with Gasteiger partial charge in [-0.05, 0) is 68.4 Å². The van der Waals surface area contributed by atoms with Crippen molar-refractivity contribution in [3.8, 4) is 0 Å². The summed E-state index contributed by atoms with van der Waals surface area (Å²) in [6.07, 6.45) is 7.54. The maximum atomic E-state index is 13.5. The first-order valence-electron chi connectivity index (χ1n) is 12.8. The third-order valence-corrected chi connectivity index (χ3v) is 7.58. The third-order valence-electron chi connectivity index (χ3n) is 7.35. The van der Waals surface area contributed by atoms with Crippen molar-refractivity contribution >= 4 is 40.3 Å². The van der Waals surface area contributed by atoms with Gasteiger partial charge < -0.3 is 5.32 Å². The Hall–Kier alpha value is -2.94. The van der Waals surface area contributed by atoms with Crippen molar-refractivity contribution in [1.82, 2.24) is 14.8 Å². The second-order valence-corrected chi connectivity index (χ2v) is 10.5. The summed E-state index contributed by atoms with van der Waals surface area (Å²) >= 11 is 6.13. The summed E-state index contributed by atoms with van der Waals surface area (Å²) in [6.45, 7) is 0. The predicted octanol–water partition coefficient (Wildman–Crippen LogP) is 7.49. The Bertz CT molecular complexity index is 1300. The number of halogens is 4. The fraction of sp³-hybridized carbons (Fsp3) is 0.481. The van der Waals surface area contributed by atoms with E-state index in [0.717, 1.165) is 51.0 Å². The smallest absolute Gasteiger partial charge is 0.382 e. The number of hydrogen-bond acceptors (Lipinski definition) is 4. The molecule has 1 amide bonds. The maximum Gasteiger partial charge on any atom is 0.433 e. The largest absolute Gasteiger partial charge is 0.433 e. The number of nitrogens with zero attached hydrogens (tertiary/aromatic N) is 4. The van der Waals surface area contributed by atoms with Gasteiger partial charge >= 0.3 is 6.18 Å². The molecule has 2 aliphatic carbocycles. The van der Waals surface area contributed by atoms with Gasteiger partial charge in [0, 0.05) is 34.5 Å². The van der Waals surface area contributed by atoms with Gasteiger partial charge in [0.2, 0.25) is 0 Å². The summed E-state index contributed by atoms with van der Waals surface area (Å²) in [7, 11) is 0. The van der Waals surface area contributed by atoms with Crippen molar-refractivity contribution in [2.75, 3.05) is 5.32 Å². The number of rotatable bonds is 5. The van der Waals surface area contributed by atoms with Crippen LogP contribution >= 0.6 is 11.6 Å². The van der Waals surface area contributed by atoms with Crippen molar-refractivity contribution in [3.05, 3.63) is 52.9 Å². The molecule has 2 fully saturated rings. The van der Waals surface area contributed by atoms with E-state index in [0.29, 0.717) is 28.2 Å². The molecule has 2 aliphatic rings. The van der Waals surface area contributed by atoms with Crippen LogP contribution in [0.3, 0.4) is 0 Å². The monoisotopic (exact) mass is 531 g/mol. The number of benzene rings is 1. The number of alkyl halides is 3. The SMILES string of the molecule is O=C(N=CC1CCC[C@H](Nc2cc(C(F)(F)F)nc3ccc(Cl)cc23)C1)c1ccnn1C1CCCCC1. The van der Waals surface area contributed by atoms with Crippen molar-refractivity contribution < 1.29 is 18.0 Å². The van der Waals surface area contributed by atoms with Crippen LogP contribution in [0, 0.1) is 5.92 Å². The van der Waals surface area contributed by atoms with Gasteiger partial charge in [0.15, 0.2) is 0 Å². The van der Waals surface area contributed by atoms with E-state index < -0.39 is 11.9 Å². The number of hydrogen-bond donors (Lipinski definition) is 1. The van der Waals surface area contributed by atoms with Gasteiger partial charge in [-0.2, -0.15) is 18.3 Å². The van der Waals surface area contributed by atoms with E-state index in [9.17, 15) is 18.0 Å². The average Bonchev–Trinajstić information content (AvgIpc) is 3.38. The lowest BCUT2D eigenvalue weighted by Crippen LogP contribution is -2.28. The van der Waals surface area contributed by atoms with Crippen LogP contribution in [0.2, 0.25) is 5.02 Å². The summed E-state index contributed by atoms with van der Waals surface area (Å²) in [4.78, 5) is 20.9. The van der Waals surface area contributed by atoms with Gasteiger partial charge in [-0.25, -0.2) is 9.98 Å². The molecule has 6 nitrogen and oxygen atoms in total. The minimum atomic E-state index is -4.56. The number of fused-ring (bicyclic) bond motifs is 1. The van der Waals surface area contributed by atoms with Crippen LogP contribution < -0.4 is 5.32 Å². The number of amides is 1. The van der Waals surface area contributed by atoms with Crippen molar-refractivity contribution in [2.24, 2.45) is 10.9 Å². The highest BCUT2D eigenvalue weighted by Gasteiger charge is 2.34. The zero-order valence-corrected chi connectivity index (χ0v) is 21.1. The highest BCUT2D eigenvalue weighted by atomic mass is 35.5. The van der Waals surface area contributed by atoms with Crippen LogP contribution in [0.15, 0.2) is 41.5 Å². The van der Waals surface area contributed by atoms with E-state index >= 15 is 0 Å². The number of aromatic nitrogens is 3. The first-order chi connectivity index (χ1) is 17.8. The molecule has 10 heteroatoms. The predicted molar refractivity (Wildman–Crippen MR) is 138 cm³/mol. The molecule has 196 valence electrons. The van der Waals surface area contributed by atoms with Crippen molar-refractivity contribution in [2.45, 2.75) is 76.0 Å². The summed E-state index contributed by atoms with van der Waals surface area (Å²) in [5, 5.41) is 8.66. The molecule has 1 aromatic carbocycles. The first kappa shape index (κ1) is 25.7. The van der Waals surface area contributed by atoms with Crippen molar-refractivity contribution in [3.63, 3.8) is 0 Å². The summed E-state index contributed by atoms with van der Waals surface area (Å²) in [5.74, 6) is -0.261. The molecule has 1 N–H and O–H groups in total. The highest BCUT2D eigenvalue weighted by Crippen LogP contribution is 2.36. The molecule has 0 radical (unpaired) electrons. The second-order valence-electron chi connectivity index (χ2n) is 10.0. The number of aliphatic imine (C=N–C) groups is 1. The maximum absolute atomic E-state index is 13.5. The van der Waals surface area contributed by atoms with E-state index in [1.807, 2.05) is 4.68 Å². The van der Waals surface area contributed by atoms with Gasteiger partial charge in [-0.15, -0.1) is 0 Å². The highest BCUT2D eigenvalue weighted by molar-refractivity contribution is 6.31. The van der Waals surface area contributed by atoms with E-state index in [2.05, 4.69) is 20.4 Å². The van der Waals surface area contributed by atoms with Crippen LogP contribution in [0.5, 0.6) is 0 Å². The normalized spacial score (nSPS) is 21.5. The second kappa shape index (κ2) is 10.8. The number of anilines is 1. The topological polar surface area (TPSA) is 72.2 Å². The Balaban J connectivity index is 1.30. The standard InChI is InChI=1S/C27H29ClF3N5O/c28-18-9-10-22-21(14-18)23(15-25(35-22)27(29,30)31)34-19-6-4-5-17(13-19)16-32-26(37)24-11-12-33-36(24)20-7-2-1-3-8-20/h9-12,14-17,19-20H,1-8,13H2,(H,34,35)/t17?,19-/m0/s1. The Morgan fingerprint density at radius 3 is 2.68 bits per heavy atom. The Morgan fingerprint density at radius 2 is 1.89 bits per heavy atom. The molecule has 2 atom stereocenters. The lowest BCUT2D eigenvalue weighted by Gasteiger charge is -2.29. The van der Waals surface area contributed by atoms with Gasteiger partial charge in [-0.1, -0.05) is 37.3 Å². The lowest BCUT2D eigenvalue weighted by atomic mass is 9.86. The number of carbonyl (C=O) groups excluding carboxylic acids is 1. The number of carbonyl (C=O) groups is 1. The summed E-state index contributed by atoms with van der Waals surface area (Å²) < 4.78 is 42.3. The van der Waals surface area contributed by atoms with Gasteiger partial charge in [0.25, 0.3) is 5.91 Å². The molecule has 2 aromatic heterocycles. The van der Waals surface area contributed by atoms with Crippen LogP contribution in [0.4, 0.5) is 18.9 Å². The molecule has 0 aliphatic heterocycles. The molecular formula is C27H29ClF3N5O. The molecule has 0 spiro atoms. The Morgan fingerprint density at radius 1 is 1.08 bits per heavy atom. The van der Waals surface area contributed by atoms with Crippen LogP contribution in [0.1, 0.15) is 80.0 Å². The van der Waals surface area contributed by atoms with Gasteiger partial charge in [-0.3, -0.25) is 9.48 Å². The molecule has 37 heavy (non-hydrogen) atoms. The lowest BCUT2D eigenvalue weighted by molar-refractivity contribution is -0.140. The molecule has 5 rings (SSSR count). The molecule has 2 heterocycles. The summed E-state index contributed by atoms with van der Waals surface area (Å²) in [5.41, 5.74) is 0.151. The van der Waals surface area contributed by atoms with Gasteiger partial charge in [0.1, 0.15) is 11.4 Å². The first-order valence-corrected chi connectivity index (χ1v) is 13.2. The molecule has 3 aromatic rings. The zero-order chi connectivity index (χ0) is 26.0. The fourth-order valence-corrected chi connectivity index (χ4v) is 5.69. The molecule has 1 unspecified atom stereocenters. The molecule has 0 saturated heterocycles. The molecule has 0 bridgehead atoms. The van der Waals surface area contributed by atoms with Crippen LogP contribution in [-0.4, -0.2) is 32.9 Å². The molecule has 2 saturated carbocycles. The fourth-order valence-electron chi connectivity index (χ4n) is 5.52. The zero-order valence-electron chi connectivity index (χ0n) is 20.3. The van der Waals surface area contributed by atoms with E-state index in [4.69, 9.17) is 11.6 Å². The van der Waals surface area contributed by atoms with E-state index in [-0.39, 0.29) is 29.4 Å². The van der Waals surface area contributed by atoms with Crippen LogP contribution in [0.25, 0.3) is 10.9 Å². The van der Waals surface area contributed by atoms with Crippen molar-refractivity contribution in [1.29, 1.82) is 0 Å². The number of pyridine rings is 1. The van der Waals surface area contributed by atoms with Crippen LogP contribution in [-0.2, 0) is 6.18 Å². The quantitative estimate of drug-likeness (QED) is 0.346. The Kier molecular flexibility index (Phi) is 7.51. The van der Waals surface area contributed by atoms with E-state index in [1.54, 1.807) is 24.5 Å². The Labute approximate surface area is 218 Å². The van der Waals surface area contributed by atoms with E-state index in [1.165, 1.54) is 18.6 Å². The minimum absolute atomic E-state index is 0.0417. The van der Waals surface area contributed by atoms with Gasteiger partial charge in [0.05, 0.1) is 11.6 Å². The average molecular weight is 532 g/mol. The third kappa shape index (κ3) is 5.98. The number of nitrogens with one attached hydrogen (secondary N) is 1.